The summed E-state index contributed by atoms with van der Waals surface area (Å²) in [6.07, 6.45) is 1.53. The number of benzene rings is 2. The van der Waals surface area contributed by atoms with Gasteiger partial charge in [0.05, 0.1) is 16.1 Å². The topological polar surface area (TPSA) is 52.2 Å². The van der Waals surface area contributed by atoms with Gasteiger partial charge in [-0.3, -0.25) is 0 Å². The van der Waals surface area contributed by atoms with Crippen LogP contribution in [0.1, 0.15) is 0 Å². The molecule has 0 bridgehead atoms. The van der Waals surface area contributed by atoms with Crippen LogP contribution in [0.15, 0.2) is 58.0 Å². The molecule has 0 radical (unpaired) electrons. The molecule has 0 fully saturated rings. The Hall–Kier alpha value is -2.47. The number of nitrogens with zero attached hydrogens (tertiary/aromatic N) is 1. The minimum absolute atomic E-state index is 0.339. The van der Waals surface area contributed by atoms with Crippen LogP contribution >= 0.6 is 0 Å². The van der Waals surface area contributed by atoms with Gasteiger partial charge in [-0.15, -0.1) is 0 Å². The third kappa shape index (κ3) is 1.19. The number of furan rings is 1. The van der Waals surface area contributed by atoms with Crippen LogP contribution in [0.3, 0.4) is 0 Å². The average molecular weight is 307 g/mol. The lowest BCUT2D eigenvalue weighted by Crippen LogP contribution is -2.17. The molecule has 5 rings (SSSR count). The Kier molecular flexibility index (Phi) is 2.01. The van der Waals surface area contributed by atoms with E-state index in [1.807, 2.05) is 38.2 Å². The first-order chi connectivity index (χ1) is 10.6. The lowest BCUT2D eigenvalue weighted by Gasteiger charge is -2.20. The van der Waals surface area contributed by atoms with Crippen LogP contribution in [0.25, 0.3) is 32.9 Å². The molecule has 0 unspecified atom stereocenters. The molecule has 6 heteroatoms. The van der Waals surface area contributed by atoms with E-state index >= 15 is 0 Å². The highest BCUT2D eigenvalue weighted by molar-refractivity contribution is 7.90. The summed E-state index contributed by atoms with van der Waals surface area (Å²) in [5.74, 6) is 0. The molecule has 0 aliphatic carbocycles. The zero-order valence-electron chi connectivity index (χ0n) is 11.7. The second kappa shape index (κ2) is 3.65. The van der Waals surface area contributed by atoms with E-state index in [-0.39, 0.29) is 0 Å². The zero-order valence-corrected chi connectivity index (χ0v) is 12.5. The summed E-state index contributed by atoms with van der Waals surface area (Å²) in [5.41, 5.74) is 3.78. The van der Waals surface area contributed by atoms with Crippen molar-refractivity contribution in [2.45, 2.75) is 4.90 Å². The smallest absolute Gasteiger partial charge is 0.269 e. The van der Waals surface area contributed by atoms with Crippen LogP contribution < -0.4 is 5.66 Å². The molecule has 1 aliphatic heterocycles. The van der Waals surface area contributed by atoms with E-state index in [2.05, 4.69) is 0 Å². The summed E-state index contributed by atoms with van der Waals surface area (Å²) in [7, 11) is -1.76. The van der Waals surface area contributed by atoms with Crippen molar-refractivity contribution in [2.75, 3.05) is 0 Å². The summed E-state index contributed by atoms with van der Waals surface area (Å²) in [5, 5.41) is 1.78. The van der Waals surface area contributed by atoms with E-state index in [1.165, 1.54) is 10.2 Å². The number of para-hydroxylation sites is 1. The van der Waals surface area contributed by atoms with Crippen molar-refractivity contribution in [1.82, 2.24) is 3.97 Å². The monoisotopic (exact) mass is 307 g/mol. The quantitative estimate of drug-likeness (QED) is 0.410. The first-order valence-corrected chi connectivity index (χ1v) is 8.41. The maximum atomic E-state index is 13.1. The Balaban J connectivity index is 2.19. The van der Waals surface area contributed by atoms with Gasteiger partial charge in [-0.25, -0.2) is 12.4 Å². The van der Waals surface area contributed by atoms with E-state index in [1.54, 1.807) is 12.1 Å². The highest BCUT2D eigenvalue weighted by Crippen LogP contribution is 2.43. The highest BCUT2D eigenvalue weighted by Gasteiger charge is 2.33. The lowest BCUT2D eigenvalue weighted by molar-refractivity contribution is 0.587. The second-order valence-electron chi connectivity index (χ2n) is 5.52. The van der Waals surface area contributed by atoms with Gasteiger partial charge in [-0.1, -0.05) is 36.4 Å². The summed E-state index contributed by atoms with van der Waals surface area (Å²) < 4.78 is 33.1. The zero-order chi connectivity index (χ0) is 15.1. The summed E-state index contributed by atoms with van der Waals surface area (Å²) >= 11 is 0. The molecule has 3 heterocycles. The molecule has 0 saturated heterocycles. The fourth-order valence-corrected chi connectivity index (χ4v) is 5.22. The van der Waals surface area contributed by atoms with Crippen LogP contribution in [0.5, 0.6) is 0 Å². The van der Waals surface area contributed by atoms with Crippen LogP contribution in [-0.4, -0.2) is 20.2 Å². The molecule has 1 aliphatic rings. The fourth-order valence-electron chi connectivity index (χ4n) is 3.48. The minimum Gasteiger partial charge on any atom is -0.477 e. The van der Waals surface area contributed by atoms with Crippen molar-refractivity contribution >= 4 is 45.3 Å². The first kappa shape index (κ1) is 12.1. The molecule has 2 aromatic heterocycles. The number of hydrogen-bond acceptors (Lipinski definition) is 3. The van der Waals surface area contributed by atoms with Gasteiger partial charge in [-0.2, -0.15) is 0 Å². The van der Waals surface area contributed by atoms with E-state index in [0.29, 0.717) is 10.4 Å². The Labute approximate surface area is 127 Å². The Morgan fingerprint density at radius 2 is 1.77 bits per heavy atom. The molecular formula is C16H10BNO3S. The minimum atomic E-state index is -3.62. The molecule has 0 atom stereocenters. The number of rotatable bonds is 0. The molecule has 4 nitrogen and oxygen atoms in total. The Morgan fingerprint density at radius 1 is 1.00 bits per heavy atom. The molecule has 0 N–H and O–H groups in total. The van der Waals surface area contributed by atoms with Gasteiger partial charge in [-0.05, 0) is 6.07 Å². The summed E-state index contributed by atoms with van der Waals surface area (Å²) in [6, 6.07) is 13.0. The largest absolute Gasteiger partial charge is 0.477 e. The van der Waals surface area contributed by atoms with Crippen LogP contribution in [0.4, 0.5) is 0 Å². The summed E-state index contributed by atoms with van der Waals surface area (Å²) in [4.78, 5) is 0.339. The Bertz CT molecular complexity index is 1200. The van der Waals surface area contributed by atoms with Crippen molar-refractivity contribution < 1.29 is 12.8 Å². The number of aromatic nitrogens is 1. The maximum absolute atomic E-state index is 13.1. The van der Waals surface area contributed by atoms with Gasteiger partial charge in [0.1, 0.15) is 11.8 Å². The third-order valence-electron chi connectivity index (χ3n) is 4.38. The Morgan fingerprint density at radius 3 is 2.64 bits per heavy atom. The predicted octanol–water partition coefficient (Wildman–Crippen LogP) is 1.86. The van der Waals surface area contributed by atoms with E-state index in [4.69, 9.17) is 4.42 Å². The standard InChI is InChI=1S/C16H10BNO3S/c17-16-14-11-6-3-5-10-9-4-1-2-7-13(9)22(19,20)18(15(10)11)12(14)8-21-16/h1-8H,17H2. The van der Waals surface area contributed by atoms with Crippen LogP contribution in [0, 0.1) is 0 Å². The van der Waals surface area contributed by atoms with Gasteiger partial charge < -0.3 is 4.42 Å². The normalized spacial score (nSPS) is 15.3. The average Bonchev–Trinajstić information content (AvgIpc) is 3.05. The van der Waals surface area contributed by atoms with Gasteiger partial charge in [0, 0.05) is 21.9 Å². The maximum Gasteiger partial charge on any atom is 0.269 e. The van der Waals surface area contributed by atoms with E-state index < -0.39 is 10.0 Å². The molecular weight excluding hydrogens is 297 g/mol. The van der Waals surface area contributed by atoms with Gasteiger partial charge >= 0.3 is 0 Å². The van der Waals surface area contributed by atoms with Crippen molar-refractivity contribution in [2.24, 2.45) is 0 Å². The predicted molar refractivity (Wildman–Crippen MR) is 87.9 cm³/mol. The lowest BCUT2D eigenvalue weighted by atomic mass is 9.98. The van der Waals surface area contributed by atoms with Crippen LogP contribution in [-0.2, 0) is 10.0 Å². The number of hydrogen-bond donors (Lipinski definition) is 0. The molecule has 2 aromatic carbocycles. The molecule has 106 valence electrons. The molecule has 0 spiro atoms. The number of fused-ring (bicyclic) bond motifs is 5. The molecule has 22 heavy (non-hydrogen) atoms. The SMILES string of the molecule is Bc1occ2c1c1cccc3c1n2S(=O)(=O)c1ccccc1-3. The van der Waals surface area contributed by atoms with Crippen molar-refractivity contribution in [1.29, 1.82) is 0 Å². The molecule has 0 amide bonds. The van der Waals surface area contributed by atoms with Gasteiger partial charge in [0.25, 0.3) is 10.0 Å². The van der Waals surface area contributed by atoms with Crippen LogP contribution in [0.2, 0.25) is 0 Å². The van der Waals surface area contributed by atoms with E-state index in [9.17, 15) is 8.42 Å². The van der Waals surface area contributed by atoms with Gasteiger partial charge in [0.2, 0.25) is 0 Å². The fraction of sp³-hybridized carbons (Fsp3) is 0. The molecule has 0 saturated carbocycles. The van der Waals surface area contributed by atoms with Crippen molar-refractivity contribution in [3.05, 3.63) is 48.7 Å². The van der Waals surface area contributed by atoms with Crippen molar-refractivity contribution in [3.63, 3.8) is 0 Å². The van der Waals surface area contributed by atoms with Gasteiger partial charge in [0.15, 0.2) is 7.85 Å². The van der Waals surface area contributed by atoms with Crippen molar-refractivity contribution in [3.8, 4) is 11.1 Å². The first-order valence-electron chi connectivity index (χ1n) is 6.97. The third-order valence-corrected chi connectivity index (χ3v) is 6.15. The molecule has 4 aromatic rings. The second-order valence-corrected chi connectivity index (χ2v) is 7.27. The highest BCUT2D eigenvalue weighted by atomic mass is 32.2. The summed E-state index contributed by atoms with van der Waals surface area (Å²) in [6.45, 7) is 0. The van der Waals surface area contributed by atoms with E-state index in [0.717, 1.165) is 33.1 Å².